The van der Waals surface area contributed by atoms with E-state index >= 15 is 0 Å². The van der Waals surface area contributed by atoms with Gasteiger partial charge < -0.3 is 5.32 Å². The van der Waals surface area contributed by atoms with Crippen LogP contribution in [0.2, 0.25) is 5.02 Å². The molecule has 0 radical (unpaired) electrons. The Hall–Kier alpha value is -0.740. The van der Waals surface area contributed by atoms with Gasteiger partial charge in [0.05, 0.1) is 15.6 Å². The lowest BCUT2D eigenvalue weighted by Gasteiger charge is -2.27. The van der Waals surface area contributed by atoms with Crippen LogP contribution in [0.25, 0.3) is 0 Å². The molecule has 1 aromatic carbocycles. The zero-order valence-electron chi connectivity index (χ0n) is 12.0. The zero-order valence-corrected chi connectivity index (χ0v) is 13.6. The lowest BCUT2D eigenvalue weighted by molar-refractivity contribution is 0.293. The van der Waals surface area contributed by atoms with Crippen LogP contribution in [0.5, 0.6) is 0 Å². The smallest absolute Gasteiger partial charge is 0.175 e. The van der Waals surface area contributed by atoms with Crippen LogP contribution in [0.3, 0.4) is 0 Å². The summed E-state index contributed by atoms with van der Waals surface area (Å²) in [5.74, 6) is 1.44. The average molecular weight is 316 g/mol. The molecule has 112 valence electrons. The average Bonchev–Trinajstić information content (AvgIpc) is 2.36. The van der Waals surface area contributed by atoms with Crippen LogP contribution in [-0.2, 0) is 9.84 Å². The molecule has 3 nitrogen and oxygen atoms in total. The van der Waals surface area contributed by atoms with Crippen LogP contribution in [0.4, 0.5) is 5.69 Å². The van der Waals surface area contributed by atoms with Gasteiger partial charge in [0.1, 0.15) is 0 Å². The first-order valence-corrected chi connectivity index (χ1v) is 9.36. The Kier molecular flexibility index (Phi) is 4.97. The number of hydrogen-bond acceptors (Lipinski definition) is 3. The molecular weight excluding hydrogens is 294 g/mol. The first-order chi connectivity index (χ1) is 9.36. The Morgan fingerprint density at radius 1 is 1.35 bits per heavy atom. The Morgan fingerprint density at radius 3 is 2.75 bits per heavy atom. The fraction of sp³-hybridized carbons (Fsp3) is 0.600. The fourth-order valence-electron chi connectivity index (χ4n) is 2.87. The van der Waals surface area contributed by atoms with E-state index in [0.29, 0.717) is 21.5 Å². The Balaban J connectivity index is 2.05. The van der Waals surface area contributed by atoms with Crippen molar-refractivity contribution in [2.75, 3.05) is 18.1 Å². The molecule has 2 rings (SSSR count). The second kappa shape index (κ2) is 6.35. The number of rotatable bonds is 4. The number of sulfone groups is 1. The SMILES string of the molecule is CC1CCCC(CNc2cc(S(C)(=O)=O)ccc2Cl)C1. The van der Waals surface area contributed by atoms with Crippen molar-refractivity contribution < 1.29 is 8.42 Å². The molecule has 1 aliphatic rings. The summed E-state index contributed by atoms with van der Waals surface area (Å²) in [5, 5.41) is 3.89. The highest BCUT2D eigenvalue weighted by atomic mass is 35.5. The van der Waals surface area contributed by atoms with Gasteiger partial charge in [-0.25, -0.2) is 8.42 Å². The number of hydrogen-bond donors (Lipinski definition) is 1. The van der Waals surface area contributed by atoms with Gasteiger partial charge in [0.15, 0.2) is 9.84 Å². The van der Waals surface area contributed by atoms with Crippen LogP contribution < -0.4 is 5.32 Å². The molecule has 1 N–H and O–H groups in total. The molecule has 1 saturated carbocycles. The predicted molar refractivity (Wildman–Crippen MR) is 84.2 cm³/mol. The summed E-state index contributed by atoms with van der Waals surface area (Å²) in [4.78, 5) is 0.307. The van der Waals surface area contributed by atoms with Gasteiger partial charge in [0, 0.05) is 12.8 Å². The molecule has 0 amide bonds. The molecule has 0 spiro atoms. The highest BCUT2D eigenvalue weighted by Crippen LogP contribution is 2.30. The van der Waals surface area contributed by atoms with Crippen LogP contribution in [-0.4, -0.2) is 21.2 Å². The van der Waals surface area contributed by atoms with E-state index in [1.807, 2.05) is 0 Å². The van der Waals surface area contributed by atoms with Gasteiger partial charge in [-0.15, -0.1) is 0 Å². The largest absolute Gasteiger partial charge is 0.384 e. The molecule has 20 heavy (non-hydrogen) atoms. The molecule has 0 saturated heterocycles. The van der Waals surface area contributed by atoms with Crippen molar-refractivity contribution in [3.63, 3.8) is 0 Å². The van der Waals surface area contributed by atoms with Gasteiger partial charge >= 0.3 is 0 Å². The van der Waals surface area contributed by atoms with E-state index in [0.717, 1.165) is 12.5 Å². The minimum absolute atomic E-state index is 0.307. The maximum absolute atomic E-state index is 11.6. The van der Waals surface area contributed by atoms with E-state index in [2.05, 4.69) is 12.2 Å². The first-order valence-electron chi connectivity index (χ1n) is 7.09. The summed E-state index contributed by atoms with van der Waals surface area (Å²) in [7, 11) is -3.19. The van der Waals surface area contributed by atoms with Gasteiger partial charge in [0.2, 0.25) is 0 Å². The van der Waals surface area contributed by atoms with Crippen molar-refractivity contribution in [1.82, 2.24) is 0 Å². The van der Waals surface area contributed by atoms with E-state index < -0.39 is 9.84 Å². The molecule has 2 atom stereocenters. The van der Waals surface area contributed by atoms with Gasteiger partial charge in [-0.3, -0.25) is 0 Å². The normalized spacial score (nSPS) is 23.6. The molecule has 0 bridgehead atoms. The maximum Gasteiger partial charge on any atom is 0.175 e. The monoisotopic (exact) mass is 315 g/mol. The van der Waals surface area contributed by atoms with Crippen molar-refractivity contribution in [2.45, 2.75) is 37.5 Å². The standard InChI is InChI=1S/C15H22ClNO2S/c1-11-4-3-5-12(8-11)10-17-15-9-13(20(2,18)19)6-7-14(15)16/h6-7,9,11-12,17H,3-5,8,10H2,1-2H3. The van der Waals surface area contributed by atoms with Crippen molar-refractivity contribution in [3.05, 3.63) is 23.2 Å². The van der Waals surface area contributed by atoms with Crippen LogP contribution >= 0.6 is 11.6 Å². The first kappa shape index (κ1) is 15.6. The van der Waals surface area contributed by atoms with Gasteiger partial charge in [0.25, 0.3) is 0 Å². The third-order valence-electron chi connectivity index (χ3n) is 3.99. The summed E-state index contributed by atoms with van der Waals surface area (Å²) >= 11 is 6.14. The number of nitrogens with one attached hydrogen (secondary N) is 1. The molecule has 0 aliphatic heterocycles. The van der Waals surface area contributed by atoms with Crippen molar-refractivity contribution in [1.29, 1.82) is 0 Å². The van der Waals surface area contributed by atoms with Crippen molar-refractivity contribution in [2.24, 2.45) is 11.8 Å². The zero-order chi connectivity index (χ0) is 14.8. The quantitative estimate of drug-likeness (QED) is 0.914. The third kappa shape index (κ3) is 4.13. The summed E-state index contributed by atoms with van der Waals surface area (Å²) < 4.78 is 23.1. The fourth-order valence-corrected chi connectivity index (χ4v) is 3.70. The van der Waals surface area contributed by atoms with Crippen LogP contribution in [0.1, 0.15) is 32.6 Å². The summed E-state index contributed by atoms with van der Waals surface area (Å²) in [6, 6.07) is 4.82. The summed E-state index contributed by atoms with van der Waals surface area (Å²) in [5.41, 5.74) is 0.716. The Bertz CT molecular complexity index is 571. The highest BCUT2D eigenvalue weighted by Gasteiger charge is 2.19. The molecule has 1 aliphatic carbocycles. The number of benzene rings is 1. The van der Waals surface area contributed by atoms with Crippen LogP contribution in [0, 0.1) is 11.8 Å². The molecule has 1 fully saturated rings. The van der Waals surface area contributed by atoms with E-state index in [4.69, 9.17) is 11.6 Å². The van der Waals surface area contributed by atoms with E-state index in [1.54, 1.807) is 18.2 Å². The minimum atomic E-state index is -3.19. The molecule has 0 heterocycles. The Labute approximate surface area is 126 Å². The van der Waals surface area contributed by atoms with E-state index in [-0.39, 0.29) is 0 Å². The van der Waals surface area contributed by atoms with Crippen LogP contribution in [0.15, 0.2) is 23.1 Å². The highest BCUT2D eigenvalue weighted by molar-refractivity contribution is 7.90. The number of anilines is 1. The minimum Gasteiger partial charge on any atom is -0.384 e. The summed E-state index contributed by atoms with van der Waals surface area (Å²) in [6.45, 7) is 3.15. The maximum atomic E-state index is 11.6. The topological polar surface area (TPSA) is 46.2 Å². The molecule has 2 unspecified atom stereocenters. The van der Waals surface area contributed by atoms with Gasteiger partial charge in [-0.1, -0.05) is 31.4 Å². The number of halogens is 1. The van der Waals surface area contributed by atoms with Gasteiger partial charge in [-0.05, 0) is 42.9 Å². The second-order valence-electron chi connectivity index (χ2n) is 5.93. The van der Waals surface area contributed by atoms with Crippen molar-refractivity contribution >= 4 is 27.1 Å². The Morgan fingerprint density at radius 2 is 2.10 bits per heavy atom. The van der Waals surface area contributed by atoms with Crippen molar-refractivity contribution in [3.8, 4) is 0 Å². The summed E-state index contributed by atoms with van der Waals surface area (Å²) in [6.07, 6.45) is 6.28. The lowest BCUT2D eigenvalue weighted by Crippen LogP contribution is -2.21. The second-order valence-corrected chi connectivity index (χ2v) is 8.36. The van der Waals surface area contributed by atoms with Gasteiger partial charge in [-0.2, -0.15) is 0 Å². The lowest BCUT2D eigenvalue weighted by atomic mass is 9.82. The van der Waals surface area contributed by atoms with E-state index in [1.165, 1.54) is 31.9 Å². The third-order valence-corrected chi connectivity index (χ3v) is 5.43. The van der Waals surface area contributed by atoms with E-state index in [9.17, 15) is 8.42 Å². The molecular formula is C15H22ClNO2S. The molecule has 1 aromatic rings. The molecule has 0 aromatic heterocycles. The molecule has 5 heteroatoms. The predicted octanol–water partition coefficient (Wildman–Crippen LogP) is 3.98.